The van der Waals surface area contributed by atoms with Crippen molar-refractivity contribution in [3.05, 3.63) is 0 Å². The minimum Gasteiger partial charge on any atom is -0.331 e. The maximum atomic E-state index is 2.64. The largest absolute Gasteiger partial charge is 0.331 e. The third-order valence-electron chi connectivity index (χ3n) is 13.4. The molecule has 0 radical (unpaired) electrons. The Morgan fingerprint density at radius 1 is 0.220 bits per heavy atom. The second-order valence-corrected chi connectivity index (χ2v) is 26.4. The molecule has 0 aliphatic carbocycles. The van der Waals surface area contributed by atoms with Crippen LogP contribution in [-0.4, -0.2) is 57.8 Å². The summed E-state index contributed by atoms with van der Waals surface area (Å²) in [6.45, 7) is 13.5. The topological polar surface area (TPSA) is 0 Å². The van der Waals surface area contributed by atoms with Gasteiger partial charge >= 0.3 is 0 Å². The molecule has 0 N–H and O–H groups in total. The van der Waals surface area contributed by atoms with Gasteiger partial charge in [0.1, 0.15) is 0 Å². The number of nitrogens with zero attached hydrogens (tertiary/aromatic N) is 1. The molecule has 0 unspecified atom stereocenters. The summed E-state index contributed by atoms with van der Waals surface area (Å²) in [6.07, 6.45) is 70.9. The molecule has 59 heavy (non-hydrogen) atoms. The summed E-state index contributed by atoms with van der Waals surface area (Å²) in [7, 11) is 6.26. The first-order valence-corrected chi connectivity index (χ1v) is 31.4. The predicted octanol–water partition coefficient (Wildman–Crippen LogP) is 21.0. The number of rotatable bonds is 49. The summed E-state index contributed by atoms with van der Waals surface area (Å²) in [4.78, 5) is 0. The summed E-state index contributed by atoms with van der Waals surface area (Å²) in [6, 6.07) is 0. The molecule has 0 rings (SSSR count). The third kappa shape index (κ3) is 60.5. The summed E-state index contributed by atoms with van der Waals surface area (Å²) in [5.41, 5.74) is 0. The van der Waals surface area contributed by atoms with Gasteiger partial charge in [0.2, 0.25) is 0 Å². The maximum absolute atomic E-state index is 2.64. The van der Waals surface area contributed by atoms with Crippen molar-refractivity contribution in [2.24, 2.45) is 0 Å². The Hall–Kier alpha value is 0.390. The van der Waals surface area contributed by atoms with Crippen molar-refractivity contribution in [1.29, 1.82) is 0 Å². The number of hydrogen-bond acceptors (Lipinski definition) is 0. The van der Waals surface area contributed by atoms with Gasteiger partial charge in [-0.15, -0.1) is 0 Å². The van der Waals surface area contributed by atoms with Gasteiger partial charge in [-0.2, -0.15) is 0 Å². The zero-order chi connectivity index (χ0) is 43.6. The molecule has 2 heteroatoms. The van der Waals surface area contributed by atoms with Crippen molar-refractivity contribution in [1.82, 2.24) is 0 Å². The van der Waals surface area contributed by atoms with Crippen molar-refractivity contribution in [3.8, 4) is 0 Å². The van der Waals surface area contributed by atoms with E-state index < -0.39 is 7.26 Å². The Balaban J connectivity index is 0. The van der Waals surface area contributed by atoms with Gasteiger partial charge in [-0.1, -0.05) is 278 Å². The highest BCUT2D eigenvalue weighted by atomic mass is 31.2. The molecule has 1 nitrogen and oxygen atoms in total. The molecule has 0 aromatic heterocycles. The van der Waals surface area contributed by atoms with E-state index in [0.717, 1.165) is 4.48 Å². The highest BCUT2D eigenvalue weighted by molar-refractivity contribution is 7.74. The summed E-state index contributed by atoms with van der Waals surface area (Å²) in [5.74, 6) is 0. The number of hydrogen-bond donors (Lipinski definition) is 0. The highest BCUT2D eigenvalue weighted by Crippen LogP contribution is 2.52. The normalized spacial score (nSPS) is 12.0. The van der Waals surface area contributed by atoms with Crippen LogP contribution in [0.5, 0.6) is 0 Å². The minimum atomic E-state index is -0.619. The van der Waals surface area contributed by atoms with Crippen LogP contribution in [0.4, 0.5) is 0 Å². The molecule has 0 aliphatic rings. The molecule has 0 heterocycles. The van der Waals surface area contributed by atoms with E-state index in [1.54, 1.807) is 12.3 Å². The smallest absolute Gasteiger partial charge is 0.0780 e. The fourth-order valence-corrected chi connectivity index (χ4v) is 11.5. The lowest BCUT2D eigenvalue weighted by Crippen LogP contribution is -2.35. The standard InChI is InChI=1S/C38H80P.C19H42N/c1-5-7-9-11-13-15-17-19-21-23-25-27-29-31-33-35-37-39(3,4)38-36-34-32-30-28-26-24-22-20-18-16-14-12-10-8-6-2;1-5-6-7-8-9-10-11-12-13-14-15-16-17-18-19-20(2,3)4/h5-38H2,1-4H3;5-19H2,1-4H3/q2*+1. The Kier molecular flexibility index (Phi) is 53.2. The van der Waals surface area contributed by atoms with Crippen molar-refractivity contribution >= 4 is 7.26 Å². The SMILES string of the molecule is CCCCCCCCCCCCCCCCCC[P+](C)(C)CCCCCCCCCCCCCCCCCC.CCCCCCCCCCCCCCCC[N+](C)(C)C. The van der Waals surface area contributed by atoms with Crippen LogP contribution in [0.25, 0.3) is 0 Å². The second kappa shape index (κ2) is 51.0. The van der Waals surface area contributed by atoms with Crippen LogP contribution in [0.1, 0.15) is 316 Å². The van der Waals surface area contributed by atoms with Gasteiger partial charge < -0.3 is 4.48 Å². The van der Waals surface area contributed by atoms with E-state index >= 15 is 0 Å². The van der Waals surface area contributed by atoms with Crippen LogP contribution in [-0.2, 0) is 0 Å². The Labute approximate surface area is 379 Å². The van der Waals surface area contributed by atoms with Crippen LogP contribution in [0.2, 0.25) is 0 Å². The van der Waals surface area contributed by atoms with Crippen molar-refractivity contribution in [2.45, 2.75) is 316 Å². The van der Waals surface area contributed by atoms with Crippen LogP contribution >= 0.6 is 7.26 Å². The van der Waals surface area contributed by atoms with Gasteiger partial charge in [-0.05, 0) is 38.5 Å². The molecular weight excluding hydrogens is 730 g/mol. The lowest BCUT2D eigenvalue weighted by molar-refractivity contribution is -0.870. The van der Waals surface area contributed by atoms with E-state index in [9.17, 15) is 0 Å². The van der Waals surface area contributed by atoms with Crippen molar-refractivity contribution in [3.63, 3.8) is 0 Å². The molecule has 0 aromatic carbocycles. The van der Waals surface area contributed by atoms with E-state index in [2.05, 4.69) is 55.2 Å². The fraction of sp³-hybridized carbons (Fsp3) is 1.00. The lowest BCUT2D eigenvalue weighted by atomic mass is 10.0. The van der Waals surface area contributed by atoms with Crippen molar-refractivity contribution in [2.75, 3.05) is 53.3 Å². The lowest BCUT2D eigenvalue weighted by Gasteiger charge is -2.23. The number of unbranched alkanes of at least 4 members (excludes halogenated alkanes) is 43. The summed E-state index contributed by atoms with van der Waals surface area (Å²) >= 11 is 0. The van der Waals surface area contributed by atoms with E-state index in [1.807, 2.05) is 0 Å². The molecule has 0 aliphatic heterocycles. The molecule has 0 saturated heterocycles. The molecule has 0 aromatic rings. The van der Waals surface area contributed by atoms with Gasteiger partial charge in [0.15, 0.2) is 0 Å². The molecule has 0 bridgehead atoms. The van der Waals surface area contributed by atoms with Crippen LogP contribution < -0.4 is 0 Å². The van der Waals surface area contributed by atoms with Gasteiger partial charge in [-0.25, -0.2) is 0 Å². The monoisotopic (exact) mass is 852 g/mol. The first kappa shape index (κ1) is 61.5. The van der Waals surface area contributed by atoms with E-state index in [1.165, 1.54) is 302 Å². The molecule has 0 saturated carbocycles. The number of quaternary nitrogens is 1. The molecule has 0 amide bonds. The quantitative estimate of drug-likeness (QED) is 0.0325. The van der Waals surface area contributed by atoms with Crippen LogP contribution in [0.3, 0.4) is 0 Å². The molecular formula is C57H122NP+2. The second-order valence-electron chi connectivity index (χ2n) is 21.6. The van der Waals surface area contributed by atoms with Crippen LogP contribution in [0.15, 0.2) is 0 Å². The van der Waals surface area contributed by atoms with E-state index in [4.69, 9.17) is 0 Å². The average Bonchev–Trinajstić information content (AvgIpc) is 3.20. The first-order valence-electron chi connectivity index (χ1n) is 28.3. The van der Waals surface area contributed by atoms with Crippen LogP contribution in [0, 0.1) is 0 Å². The van der Waals surface area contributed by atoms with Crippen molar-refractivity contribution < 1.29 is 4.48 Å². The predicted molar refractivity (Wildman–Crippen MR) is 281 cm³/mol. The Morgan fingerprint density at radius 3 is 0.542 bits per heavy atom. The maximum Gasteiger partial charge on any atom is 0.0780 e. The molecule has 0 spiro atoms. The molecule has 358 valence electrons. The van der Waals surface area contributed by atoms with Gasteiger partial charge in [-0.3, -0.25) is 0 Å². The zero-order valence-electron chi connectivity index (χ0n) is 43.5. The highest BCUT2D eigenvalue weighted by Gasteiger charge is 2.23. The average molecular weight is 853 g/mol. The van der Waals surface area contributed by atoms with Gasteiger partial charge in [0.25, 0.3) is 0 Å². The minimum absolute atomic E-state index is 0.619. The molecule has 0 fully saturated rings. The zero-order valence-corrected chi connectivity index (χ0v) is 44.4. The Bertz CT molecular complexity index is 687. The summed E-state index contributed by atoms with van der Waals surface area (Å²) < 4.78 is 1.12. The Morgan fingerprint density at radius 2 is 0.373 bits per heavy atom. The van der Waals surface area contributed by atoms with Gasteiger partial charge in [0.05, 0.1) is 40.0 Å². The first-order chi connectivity index (χ1) is 28.7. The summed E-state index contributed by atoms with van der Waals surface area (Å²) in [5, 5.41) is 0. The molecule has 0 atom stereocenters. The van der Waals surface area contributed by atoms with Gasteiger partial charge in [0, 0.05) is 20.6 Å². The van der Waals surface area contributed by atoms with E-state index in [0.29, 0.717) is 0 Å². The third-order valence-corrected chi connectivity index (χ3v) is 16.5. The van der Waals surface area contributed by atoms with E-state index in [-0.39, 0.29) is 0 Å². The fourth-order valence-electron chi connectivity index (χ4n) is 9.07.